The number of hydrogen-bond acceptors (Lipinski definition) is 4. The van der Waals surface area contributed by atoms with Crippen LogP contribution in [0.15, 0.2) is 78.9 Å². The van der Waals surface area contributed by atoms with Crippen LogP contribution >= 0.6 is 0 Å². The molecule has 0 bridgehead atoms. The Balaban J connectivity index is 1.97. The Morgan fingerprint density at radius 1 is 0.939 bits per heavy atom. The third kappa shape index (κ3) is 6.26. The number of nitrogens with zero attached hydrogens (tertiary/aromatic N) is 2. The van der Waals surface area contributed by atoms with Crippen molar-refractivity contribution in [2.75, 3.05) is 7.05 Å². The second kappa shape index (κ2) is 11.0. The van der Waals surface area contributed by atoms with Gasteiger partial charge >= 0.3 is 0 Å². The summed E-state index contributed by atoms with van der Waals surface area (Å²) < 4.78 is 0. The Morgan fingerprint density at radius 2 is 1.58 bits per heavy atom. The third-order valence-electron chi connectivity index (χ3n) is 5.52. The van der Waals surface area contributed by atoms with E-state index in [1.165, 1.54) is 18.0 Å². The van der Waals surface area contributed by atoms with Crippen LogP contribution in [0.3, 0.4) is 0 Å². The molecule has 0 spiro atoms. The summed E-state index contributed by atoms with van der Waals surface area (Å²) >= 11 is 0. The second-order valence-corrected chi connectivity index (χ2v) is 7.89. The molecular formula is C26H27N3O4. The van der Waals surface area contributed by atoms with Gasteiger partial charge in [0.1, 0.15) is 6.04 Å². The van der Waals surface area contributed by atoms with Crippen molar-refractivity contribution in [1.29, 1.82) is 0 Å². The van der Waals surface area contributed by atoms with E-state index in [0.29, 0.717) is 12.0 Å². The molecule has 1 atom stereocenters. The number of likely N-dealkylation sites (N-methyl/N-ethyl adjacent to an activating group) is 1. The Hall–Kier alpha value is -4.00. The fraction of sp³-hybridized carbons (Fsp3) is 0.231. The topological polar surface area (TPSA) is 92.6 Å². The number of nitrogens with one attached hydrogen (secondary N) is 1. The summed E-state index contributed by atoms with van der Waals surface area (Å²) in [4.78, 5) is 38.9. The van der Waals surface area contributed by atoms with E-state index in [0.717, 1.165) is 16.7 Å². The molecule has 0 aliphatic rings. The fourth-order valence-electron chi connectivity index (χ4n) is 3.71. The van der Waals surface area contributed by atoms with Crippen LogP contribution in [0.25, 0.3) is 0 Å². The number of benzene rings is 3. The lowest BCUT2D eigenvalue weighted by Crippen LogP contribution is -2.50. The number of nitro groups is 1. The lowest BCUT2D eigenvalue weighted by atomic mass is 10.0. The van der Waals surface area contributed by atoms with Gasteiger partial charge < -0.3 is 10.2 Å². The largest absolute Gasteiger partial charge is 0.357 e. The zero-order valence-electron chi connectivity index (χ0n) is 18.7. The van der Waals surface area contributed by atoms with Crippen LogP contribution in [0.2, 0.25) is 0 Å². The molecule has 7 heteroatoms. The minimum Gasteiger partial charge on any atom is -0.357 e. The van der Waals surface area contributed by atoms with E-state index < -0.39 is 11.0 Å². The highest BCUT2D eigenvalue weighted by Crippen LogP contribution is 2.21. The summed E-state index contributed by atoms with van der Waals surface area (Å²) in [6.45, 7) is 2.19. The molecule has 0 aromatic heterocycles. The molecule has 0 saturated carbocycles. The van der Waals surface area contributed by atoms with Crippen molar-refractivity contribution in [1.82, 2.24) is 10.2 Å². The summed E-state index contributed by atoms with van der Waals surface area (Å²) in [5.74, 6) is -0.642. The molecule has 0 aliphatic heterocycles. The van der Waals surface area contributed by atoms with E-state index in [1.54, 1.807) is 18.2 Å². The van der Waals surface area contributed by atoms with E-state index in [-0.39, 0.29) is 30.5 Å². The van der Waals surface area contributed by atoms with Crippen molar-refractivity contribution >= 4 is 17.5 Å². The van der Waals surface area contributed by atoms with Crippen LogP contribution in [-0.2, 0) is 29.0 Å². The molecule has 0 saturated heterocycles. The van der Waals surface area contributed by atoms with Gasteiger partial charge in [0.05, 0.1) is 11.3 Å². The summed E-state index contributed by atoms with van der Waals surface area (Å²) in [5.41, 5.74) is 3.08. The zero-order valence-corrected chi connectivity index (χ0v) is 18.7. The van der Waals surface area contributed by atoms with Crippen LogP contribution in [0, 0.1) is 17.0 Å². The van der Waals surface area contributed by atoms with Gasteiger partial charge in [-0.15, -0.1) is 0 Å². The Kier molecular flexibility index (Phi) is 7.91. The van der Waals surface area contributed by atoms with Crippen LogP contribution in [0.4, 0.5) is 5.69 Å². The fourth-order valence-corrected chi connectivity index (χ4v) is 3.71. The lowest BCUT2D eigenvalue weighted by molar-refractivity contribution is -0.385. The van der Waals surface area contributed by atoms with Gasteiger partial charge in [-0.1, -0.05) is 78.4 Å². The Labute approximate surface area is 193 Å². The monoisotopic (exact) mass is 445 g/mol. The van der Waals surface area contributed by atoms with Crippen molar-refractivity contribution in [3.05, 3.63) is 111 Å². The second-order valence-electron chi connectivity index (χ2n) is 7.89. The smallest absolute Gasteiger partial charge is 0.273 e. The molecule has 1 N–H and O–H groups in total. The summed E-state index contributed by atoms with van der Waals surface area (Å²) in [7, 11) is 1.54. The van der Waals surface area contributed by atoms with Crippen molar-refractivity contribution in [3.8, 4) is 0 Å². The third-order valence-corrected chi connectivity index (χ3v) is 5.52. The van der Waals surface area contributed by atoms with Gasteiger partial charge in [-0.2, -0.15) is 0 Å². The number of carbonyl (C=O) groups is 2. The van der Waals surface area contributed by atoms with Crippen molar-refractivity contribution in [2.24, 2.45) is 0 Å². The van der Waals surface area contributed by atoms with Gasteiger partial charge in [0.25, 0.3) is 5.69 Å². The lowest BCUT2D eigenvalue weighted by Gasteiger charge is -2.31. The number of hydrogen-bond donors (Lipinski definition) is 1. The molecule has 0 fully saturated rings. The molecule has 3 rings (SSSR count). The molecule has 0 unspecified atom stereocenters. The van der Waals surface area contributed by atoms with Gasteiger partial charge in [-0.25, -0.2) is 0 Å². The SMILES string of the molecule is CNC(=O)[C@H](Cc1ccccc1)N(Cc1ccc(C)cc1)C(=O)Cc1ccccc1[N+](=O)[O-]. The first-order chi connectivity index (χ1) is 15.9. The highest BCUT2D eigenvalue weighted by atomic mass is 16.6. The van der Waals surface area contributed by atoms with Gasteiger partial charge in [-0.05, 0) is 18.1 Å². The average molecular weight is 446 g/mol. The highest BCUT2D eigenvalue weighted by molar-refractivity contribution is 5.89. The first kappa shape index (κ1) is 23.7. The minimum atomic E-state index is -0.769. The van der Waals surface area contributed by atoms with E-state index >= 15 is 0 Å². The van der Waals surface area contributed by atoms with E-state index in [2.05, 4.69) is 5.32 Å². The van der Waals surface area contributed by atoms with Gasteiger partial charge in [0.2, 0.25) is 11.8 Å². The first-order valence-corrected chi connectivity index (χ1v) is 10.7. The molecule has 0 radical (unpaired) electrons. The normalized spacial score (nSPS) is 11.5. The molecule has 33 heavy (non-hydrogen) atoms. The zero-order chi connectivity index (χ0) is 23.8. The van der Waals surface area contributed by atoms with E-state index in [4.69, 9.17) is 0 Å². The number of para-hydroxylation sites is 1. The quantitative estimate of drug-likeness (QED) is 0.400. The Bertz CT molecular complexity index is 1110. The van der Waals surface area contributed by atoms with Crippen molar-refractivity contribution in [2.45, 2.75) is 32.4 Å². The van der Waals surface area contributed by atoms with E-state index in [1.807, 2.05) is 61.5 Å². The molecule has 3 aromatic carbocycles. The summed E-state index contributed by atoms with van der Waals surface area (Å²) in [6.07, 6.45) is 0.153. The van der Waals surface area contributed by atoms with Gasteiger partial charge in [-0.3, -0.25) is 19.7 Å². The van der Waals surface area contributed by atoms with Crippen LogP contribution in [0.1, 0.15) is 22.3 Å². The molecule has 0 aliphatic carbocycles. The molecule has 7 nitrogen and oxygen atoms in total. The minimum absolute atomic E-state index is 0.110. The number of aryl methyl sites for hydroxylation is 1. The van der Waals surface area contributed by atoms with Crippen molar-refractivity contribution < 1.29 is 14.5 Å². The van der Waals surface area contributed by atoms with Gasteiger partial charge in [0.15, 0.2) is 0 Å². The number of nitro benzene ring substituents is 1. The van der Waals surface area contributed by atoms with E-state index in [9.17, 15) is 19.7 Å². The number of amides is 2. The maximum atomic E-state index is 13.5. The Morgan fingerprint density at radius 3 is 2.21 bits per heavy atom. The number of rotatable bonds is 9. The highest BCUT2D eigenvalue weighted by Gasteiger charge is 2.31. The first-order valence-electron chi connectivity index (χ1n) is 10.7. The van der Waals surface area contributed by atoms with Crippen LogP contribution < -0.4 is 5.32 Å². The molecule has 0 heterocycles. The van der Waals surface area contributed by atoms with Crippen LogP contribution in [-0.4, -0.2) is 34.7 Å². The summed E-state index contributed by atoms with van der Waals surface area (Å²) in [6, 6.07) is 22.6. The number of carbonyl (C=O) groups excluding carboxylic acids is 2. The molecular weight excluding hydrogens is 418 g/mol. The van der Waals surface area contributed by atoms with Gasteiger partial charge in [0, 0.05) is 31.6 Å². The molecule has 2 amide bonds. The standard InChI is InChI=1S/C26H27N3O4/c1-19-12-14-21(15-13-19)18-28(24(26(31)27-2)16-20-8-4-3-5-9-20)25(30)17-22-10-6-7-11-23(22)29(32)33/h3-15,24H,16-18H2,1-2H3,(H,27,31)/t24-/m0/s1. The van der Waals surface area contributed by atoms with Crippen LogP contribution in [0.5, 0.6) is 0 Å². The molecule has 170 valence electrons. The maximum absolute atomic E-state index is 13.5. The maximum Gasteiger partial charge on any atom is 0.273 e. The predicted molar refractivity (Wildman–Crippen MR) is 127 cm³/mol. The van der Waals surface area contributed by atoms with Crippen molar-refractivity contribution in [3.63, 3.8) is 0 Å². The molecule has 3 aromatic rings. The predicted octanol–water partition coefficient (Wildman–Crippen LogP) is 3.83. The summed E-state index contributed by atoms with van der Waals surface area (Å²) in [5, 5.41) is 14.1. The average Bonchev–Trinajstić information content (AvgIpc) is 2.82.